The van der Waals surface area contributed by atoms with Gasteiger partial charge < -0.3 is 5.32 Å². The van der Waals surface area contributed by atoms with E-state index in [2.05, 4.69) is 24.1 Å². The van der Waals surface area contributed by atoms with Gasteiger partial charge in [0.2, 0.25) is 0 Å². The third kappa shape index (κ3) is 3.77. The van der Waals surface area contributed by atoms with E-state index >= 15 is 0 Å². The van der Waals surface area contributed by atoms with Gasteiger partial charge in [0.15, 0.2) is 0 Å². The van der Waals surface area contributed by atoms with Crippen LogP contribution in [0.3, 0.4) is 0 Å². The molecule has 0 aliphatic carbocycles. The Morgan fingerprint density at radius 2 is 2.17 bits per heavy atom. The van der Waals surface area contributed by atoms with Crippen LogP contribution in [0, 0.1) is 23.0 Å². The lowest BCUT2D eigenvalue weighted by atomic mass is 9.98. The summed E-state index contributed by atoms with van der Waals surface area (Å²) in [5, 5.41) is 14.4. The van der Waals surface area contributed by atoms with Crippen LogP contribution in [-0.2, 0) is 6.42 Å². The molecule has 18 heavy (non-hydrogen) atoms. The first-order chi connectivity index (χ1) is 8.45. The van der Waals surface area contributed by atoms with Crippen LogP contribution >= 0.6 is 0 Å². The van der Waals surface area contributed by atoms with Crippen LogP contribution in [0.5, 0.6) is 0 Å². The van der Waals surface area contributed by atoms with Gasteiger partial charge in [0.05, 0.1) is 4.92 Å². The highest BCUT2D eigenvalue weighted by molar-refractivity contribution is 5.38. The molecule has 5 nitrogen and oxygen atoms in total. The van der Waals surface area contributed by atoms with Crippen molar-refractivity contribution in [3.05, 3.63) is 33.6 Å². The summed E-state index contributed by atoms with van der Waals surface area (Å²) in [4.78, 5) is 14.9. The van der Waals surface area contributed by atoms with Gasteiger partial charge in [-0.25, -0.2) is 0 Å². The van der Waals surface area contributed by atoms with Gasteiger partial charge in [-0.3, -0.25) is 15.1 Å². The van der Waals surface area contributed by atoms with Crippen molar-refractivity contribution >= 4 is 5.69 Å². The van der Waals surface area contributed by atoms with Crippen LogP contribution in [0.25, 0.3) is 0 Å². The average molecular weight is 251 g/mol. The van der Waals surface area contributed by atoms with Crippen molar-refractivity contribution in [3.63, 3.8) is 0 Å². The van der Waals surface area contributed by atoms with Crippen LogP contribution in [0.4, 0.5) is 5.69 Å². The Labute approximate surface area is 108 Å². The summed E-state index contributed by atoms with van der Waals surface area (Å²) in [6.45, 7) is 8.91. The number of nitro groups is 1. The fourth-order valence-electron chi connectivity index (χ4n) is 1.91. The number of aromatic nitrogens is 1. The molecule has 0 aliphatic heterocycles. The molecule has 0 saturated carbocycles. The Morgan fingerprint density at radius 1 is 1.50 bits per heavy atom. The number of rotatable bonds is 6. The summed E-state index contributed by atoms with van der Waals surface area (Å²) in [6, 6.07) is 1.80. The van der Waals surface area contributed by atoms with Crippen molar-refractivity contribution in [1.29, 1.82) is 0 Å². The molecule has 0 bridgehead atoms. The molecule has 1 N–H and O–H groups in total. The molecule has 1 aromatic rings. The monoisotopic (exact) mass is 251 g/mol. The van der Waals surface area contributed by atoms with E-state index in [4.69, 9.17) is 0 Å². The molecule has 1 rings (SSSR count). The molecule has 0 aliphatic rings. The molecular formula is C13H21N3O2. The number of nitrogens with one attached hydrogen (secondary N) is 1. The van der Waals surface area contributed by atoms with E-state index in [9.17, 15) is 10.1 Å². The van der Waals surface area contributed by atoms with E-state index < -0.39 is 0 Å². The normalized spacial score (nSPS) is 12.7. The maximum atomic E-state index is 11.0. The minimum atomic E-state index is -0.349. The summed E-state index contributed by atoms with van der Waals surface area (Å²) in [7, 11) is 0. The Hall–Kier alpha value is -1.49. The molecule has 5 heteroatoms. The fourth-order valence-corrected chi connectivity index (χ4v) is 1.91. The van der Waals surface area contributed by atoms with Crippen LogP contribution in [0.1, 0.15) is 32.0 Å². The Kier molecular flexibility index (Phi) is 5.22. The second kappa shape index (κ2) is 6.44. The van der Waals surface area contributed by atoms with Crippen LogP contribution in [0.2, 0.25) is 0 Å². The topological polar surface area (TPSA) is 68.1 Å². The van der Waals surface area contributed by atoms with Crippen LogP contribution < -0.4 is 5.32 Å². The standard InChI is InChI=1S/C13H21N3O2/c1-5-14-11(9(2)3)7-12-13(16(17)18)6-10(4)8-15-12/h6,8-9,11,14H,5,7H2,1-4H3. The molecular weight excluding hydrogens is 230 g/mol. The van der Waals surface area contributed by atoms with Crippen LogP contribution in [-0.4, -0.2) is 22.5 Å². The number of nitrogens with zero attached hydrogens (tertiary/aromatic N) is 2. The largest absolute Gasteiger partial charge is 0.314 e. The van der Waals surface area contributed by atoms with Crippen molar-refractivity contribution in [2.24, 2.45) is 5.92 Å². The van der Waals surface area contributed by atoms with E-state index in [-0.39, 0.29) is 16.7 Å². The lowest BCUT2D eigenvalue weighted by molar-refractivity contribution is -0.386. The number of pyridine rings is 1. The zero-order valence-electron chi connectivity index (χ0n) is 11.4. The molecule has 0 saturated heterocycles. The molecule has 1 aromatic heterocycles. The molecule has 0 radical (unpaired) electrons. The number of aryl methyl sites for hydroxylation is 1. The Balaban J connectivity index is 2.98. The zero-order valence-corrected chi connectivity index (χ0v) is 11.4. The minimum Gasteiger partial charge on any atom is -0.314 e. The van der Waals surface area contributed by atoms with Gasteiger partial charge in [0.1, 0.15) is 5.69 Å². The van der Waals surface area contributed by atoms with Gasteiger partial charge >= 0.3 is 0 Å². The Morgan fingerprint density at radius 3 is 2.67 bits per heavy atom. The van der Waals surface area contributed by atoms with Gasteiger partial charge in [-0.15, -0.1) is 0 Å². The van der Waals surface area contributed by atoms with E-state index in [0.717, 1.165) is 12.1 Å². The number of hydrogen-bond donors (Lipinski definition) is 1. The SMILES string of the molecule is CCNC(Cc1ncc(C)cc1[N+](=O)[O-])C(C)C. The highest BCUT2D eigenvalue weighted by Crippen LogP contribution is 2.20. The summed E-state index contributed by atoms with van der Waals surface area (Å²) in [6.07, 6.45) is 2.27. The first-order valence-corrected chi connectivity index (χ1v) is 6.29. The maximum absolute atomic E-state index is 11.0. The van der Waals surface area contributed by atoms with Gasteiger partial charge in [-0.1, -0.05) is 20.8 Å². The smallest absolute Gasteiger partial charge is 0.291 e. The van der Waals surface area contributed by atoms with Crippen molar-refractivity contribution < 1.29 is 4.92 Å². The van der Waals surface area contributed by atoms with E-state index in [1.54, 1.807) is 12.3 Å². The molecule has 1 unspecified atom stereocenters. The van der Waals surface area contributed by atoms with Crippen LogP contribution in [0.15, 0.2) is 12.3 Å². The predicted molar refractivity (Wildman–Crippen MR) is 71.6 cm³/mol. The second-order valence-corrected chi connectivity index (χ2v) is 4.85. The summed E-state index contributed by atoms with van der Waals surface area (Å²) in [5.74, 6) is 0.410. The third-order valence-corrected chi connectivity index (χ3v) is 2.97. The van der Waals surface area contributed by atoms with Crippen molar-refractivity contribution in [3.8, 4) is 0 Å². The Bertz CT molecular complexity index is 419. The van der Waals surface area contributed by atoms with Gasteiger partial charge in [-0.2, -0.15) is 0 Å². The summed E-state index contributed by atoms with van der Waals surface area (Å²) < 4.78 is 0. The molecule has 100 valence electrons. The highest BCUT2D eigenvalue weighted by atomic mass is 16.6. The minimum absolute atomic E-state index is 0.124. The molecule has 1 atom stereocenters. The second-order valence-electron chi connectivity index (χ2n) is 4.85. The van der Waals surface area contributed by atoms with Gasteiger partial charge in [0, 0.05) is 24.7 Å². The first kappa shape index (κ1) is 14.6. The molecule has 0 fully saturated rings. The van der Waals surface area contributed by atoms with E-state index in [0.29, 0.717) is 18.0 Å². The predicted octanol–water partition coefficient (Wildman–Crippen LogP) is 2.47. The van der Waals surface area contributed by atoms with Gasteiger partial charge in [-0.05, 0) is 24.9 Å². The maximum Gasteiger partial charge on any atom is 0.291 e. The first-order valence-electron chi connectivity index (χ1n) is 6.29. The van der Waals surface area contributed by atoms with Crippen molar-refractivity contribution in [1.82, 2.24) is 10.3 Å². The van der Waals surface area contributed by atoms with Gasteiger partial charge in [0.25, 0.3) is 5.69 Å². The van der Waals surface area contributed by atoms with Crippen molar-refractivity contribution in [2.45, 2.75) is 40.2 Å². The summed E-state index contributed by atoms with van der Waals surface area (Å²) >= 11 is 0. The molecule has 1 heterocycles. The third-order valence-electron chi connectivity index (χ3n) is 2.97. The molecule has 0 aromatic carbocycles. The molecule has 0 amide bonds. The number of likely N-dealkylation sites (N-methyl/N-ethyl adjacent to an activating group) is 1. The lowest BCUT2D eigenvalue weighted by Gasteiger charge is -2.21. The number of hydrogen-bond acceptors (Lipinski definition) is 4. The highest BCUT2D eigenvalue weighted by Gasteiger charge is 2.21. The quantitative estimate of drug-likeness (QED) is 0.623. The average Bonchev–Trinajstić information content (AvgIpc) is 2.30. The summed E-state index contributed by atoms with van der Waals surface area (Å²) in [5.41, 5.74) is 1.50. The fraction of sp³-hybridized carbons (Fsp3) is 0.615. The lowest BCUT2D eigenvalue weighted by Crippen LogP contribution is -2.36. The zero-order chi connectivity index (χ0) is 13.7. The van der Waals surface area contributed by atoms with Crippen molar-refractivity contribution in [2.75, 3.05) is 6.54 Å². The molecule has 0 spiro atoms. The van der Waals surface area contributed by atoms with E-state index in [1.807, 2.05) is 13.8 Å². The van der Waals surface area contributed by atoms with E-state index in [1.165, 1.54) is 0 Å².